The lowest BCUT2D eigenvalue weighted by Gasteiger charge is -2.25. The van der Waals surface area contributed by atoms with E-state index in [-0.39, 0.29) is 18.4 Å². The van der Waals surface area contributed by atoms with Crippen LogP contribution in [0.25, 0.3) is 17.1 Å². The number of aromatic nitrogens is 2. The minimum Gasteiger partial charge on any atom is -0.353 e. The fourth-order valence-electron chi connectivity index (χ4n) is 2.14. The second-order valence-corrected chi connectivity index (χ2v) is 4.73. The van der Waals surface area contributed by atoms with Gasteiger partial charge in [-0.15, -0.1) is 0 Å². The summed E-state index contributed by atoms with van der Waals surface area (Å²) in [6, 6.07) is 7.54. The Morgan fingerprint density at radius 3 is 2.90 bits per heavy atom. The number of benzene rings is 1. The van der Waals surface area contributed by atoms with Crippen LogP contribution in [-0.4, -0.2) is 46.3 Å². The van der Waals surface area contributed by atoms with E-state index in [0.29, 0.717) is 18.8 Å². The Labute approximate surface area is 121 Å². The van der Waals surface area contributed by atoms with Gasteiger partial charge in [0, 0.05) is 19.2 Å². The van der Waals surface area contributed by atoms with Crippen molar-refractivity contribution in [1.82, 2.24) is 20.2 Å². The molecule has 1 aliphatic heterocycles. The predicted molar refractivity (Wildman–Crippen MR) is 78.2 cm³/mol. The van der Waals surface area contributed by atoms with Crippen LogP contribution in [0.3, 0.4) is 0 Å². The van der Waals surface area contributed by atoms with Crippen molar-refractivity contribution < 1.29 is 9.59 Å². The van der Waals surface area contributed by atoms with E-state index < -0.39 is 0 Å². The standard InChI is InChI=1S/C15H14N4O2/c20-14-10-19(8-7-16-14)15(21)6-5-11-9-17-12-3-1-2-4-13(12)18-11/h1-6,9H,7-8,10H2,(H,16,20)/b6-5+. The molecular formula is C15H14N4O2. The van der Waals surface area contributed by atoms with Crippen molar-refractivity contribution >= 4 is 28.9 Å². The van der Waals surface area contributed by atoms with Gasteiger partial charge in [-0.05, 0) is 18.2 Å². The smallest absolute Gasteiger partial charge is 0.247 e. The molecule has 1 fully saturated rings. The monoisotopic (exact) mass is 282 g/mol. The molecule has 21 heavy (non-hydrogen) atoms. The van der Waals surface area contributed by atoms with Crippen LogP contribution in [0.15, 0.2) is 36.5 Å². The Morgan fingerprint density at radius 1 is 1.29 bits per heavy atom. The van der Waals surface area contributed by atoms with E-state index in [9.17, 15) is 9.59 Å². The average molecular weight is 282 g/mol. The van der Waals surface area contributed by atoms with Crippen molar-refractivity contribution in [2.75, 3.05) is 19.6 Å². The lowest BCUT2D eigenvalue weighted by molar-refractivity contribution is -0.134. The SMILES string of the molecule is O=C1CN(C(=O)/C=C/c2cnc3ccccc3n2)CCN1. The highest BCUT2D eigenvalue weighted by Crippen LogP contribution is 2.09. The van der Waals surface area contributed by atoms with Gasteiger partial charge in [-0.1, -0.05) is 12.1 Å². The molecule has 1 aliphatic rings. The average Bonchev–Trinajstić information content (AvgIpc) is 2.52. The van der Waals surface area contributed by atoms with E-state index >= 15 is 0 Å². The largest absolute Gasteiger partial charge is 0.353 e. The van der Waals surface area contributed by atoms with Crippen LogP contribution in [0.2, 0.25) is 0 Å². The number of carbonyl (C=O) groups is 2. The number of nitrogens with one attached hydrogen (secondary N) is 1. The molecule has 1 aromatic heterocycles. The Hall–Kier alpha value is -2.76. The third-order valence-electron chi connectivity index (χ3n) is 3.21. The Kier molecular flexibility index (Phi) is 3.59. The Bertz CT molecular complexity index is 726. The van der Waals surface area contributed by atoms with Crippen molar-refractivity contribution in [3.8, 4) is 0 Å². The maximum Gasteiger partial charge on any atom is 0.247 e. The van der Waals surface area contributed by atoms with E-state index in [1.54, 1.807) is 12.3 Å². The van der Waals surface area contributed by atoms with Gasteiger partial charge in [0.05, 0.1) is 29.5 Å². The molecule has 0 saturated carbocycles. The molecule has 2 amide bonds. The molecule has 0 spiro atoms. The molecule has 0 unspecified atom stereocenters. The summed E-state index contributed by atoms with van der Waals surface area (Å²) in [6.07, 6.45) is 4.67. The van der Waals surface area contributed by atoms with Crippen molar-refractivity contribution in [1.29, 1.82) is 0 Å². The minimum absolute atomic E-state index is 0.104. The van der Waals surface area contributed by atoms with Gasteiger partial charge in [0.25, 0.3) is 0 Å². The number of nitrogens with zero attached hydrogens (tertiary/aromatic N) is 3. The summed E-state index contributed by atoms with van der Waals surface area (Å²) >= 11 is 0. The summed E-state index contributed by atoms with van der Waals surface area (Å²) in [5, 5.41) is 2.68. The minimum atomic E-state index is -0.195. The first-order valence-corrected chi connectivity index (χ1v) is 6.68. The number of para-hydroxylation sites is 2. The van der Waals surface area contributed by atoms with E-state index in [1.807, 2.05) is 24.3 Å². The molecule has 0 bridgehead atoms. The maximum absolute atomic E-state index is 12.0. The summed E-state index contributed by atoms with van der Waals surface area (Å²) < 4.78 is 0. The van der Waals surface area contributed by atoms with Gasteiger partial charge in [-0.25, -0.2) is 4.98 Å². The van der Waals surface area contributed by atoms with Gasteiger partial charge >= 0.3 is 0 Å². The highest BCUT2D eigenvalue weighted by Gasteiger charge is 2.18. The maximum atomic E-state index is 12.0. The number of fused-ring (bicyclic) bond motifs is 1. The van der Waals surface area contributed by atoms with Crippen LogP contribution in [-0.2, 0) is 9.59 Å². The third-order valence-corrected chi connectivity index (χ3v) is 3.21. The van der Waals surface area contributed by atoms with Gasteiger partial charge in [0.1, 0.15) is 0 Å². The quantitative estimate of drug-likeness (QED) is 0.819. The molecule has 6 nitrogen and oxygen atoms in total. The number of piperazine rings is 1. The molecule has 0 radical (unpaired) electrons. The highest BCUT2D eigenvalue weighted by atomic mass is 16.2. The molecule has 1 aromatic carbocycles. The van der Waals surface area contributed by atoms with Crippen molar-refractivity contribution in [2.45, 2.75) is 0 Å². The van der Waals surface area contributed by atoms with E-state index in [0.717, 1.165) is 11.0 Å². The topological polar surface area (TPSA) is 75.2 Å². The first-order chi connectivity index (χ1) is 10.2. The third kappa shape index (κ3) is 3.05. The lowest BCUT2D eigenvalue weighted by Crippen LogP contribution is -2.49. The molecule has 1 N–H and O–H groups in total. The summed E-state index contributed by atoms with van der Waals surface area (Å²) in [4.78, 5) is 33.4. The summed E-state index contributed by atoms with van der Waals surface area (Å²) in [5.74, 6) is -0.326. The molecule has 106 valence electrons. The van der Waals surface area contributed by atoms with Crippen LogP contribution in [0.1, 0.15) is 5.69 Å². The molecule has 0 aliphatic carbocycles. The lowest BCUT2D eigenvalue weighted by atomic mass is 10.3. The molecule has 1 saturated heterocycles. The molecule has 2 aromatic rings. The van der Waals surface area contributed by atoms with Crippen LogP contribution < -0.4 is 5.32 Å². The van der Waals surface area contributed by atoms with Gasteiger partial charge in [0.2, 0.25) is 11.8 Å². The van der Waals surface area contributed by atoms with Gasteiger partial charge in [-0.2, -0.15) is 0 Å². The molecule has 2 heterocycles. The molecule has 3 rings (SSSR count). The fraction of sp³-hybridized carbons (Fsp3) is 0.200. The second kappa shape index (κ2) is 5.70. The van der Waals surface area contributed by atoms with Crippen LogP contribution >= 0.6 is 0 Å². The number of hydrogen-bond acceptors (Lipinski definition) is 4. The van der Waals surface area contributed by atoms with Gasteiger partial charge in [-0.3, -0.25) is 14.6 Å². The molecule has 6 heteroatoms. The molecule has 0 atom stereocenters. The zero-order valence-corrected chi connectivity index (χ0v) is 11.3. The predicted octanol–water partition coefficient (Wildman–Crippen LogP) is 0.601. The van der Waals surface area contributed by atoms with Gasteiger partial charge in [0.15, 0.2) is 0 Å². The molecular weight excluding hydrogens is 268 g/mol. The number of carbonyl (C=O) groups excluding carboxylic acids is 2. The Balaban J connectivity index is 1.74. The van der Waals surface area contributed by atoms with Crippen LogP contribution in [0.5, 0.6) is 0 Å². The fourth-order valence-corrected chi connectivity index (χ4v) is 2.14. The summed E-state index contributed by atoms with van der Waals surface area (Å²) in [5.41, 5.74) is 2.21. The zero-order chi connectivity index (χ0) is 14.7. The van der Waals surface area contributed by atoms with E-state index in [1.165, 1.54) is 11.0 Å². The number of rotatable bonds is 2. The first kappa shape index (κ1) is 13.2. The summed E-state index contributed by atoms with van der Waals surface area (Å²) in [7, 11) is 0. The van der Waals surface area contributed by atoms with Gasteiger partial charge < -0.3 is 10.2 Å². The first-order valence-electron chi connectivity index (χ1n) is 6.68. The second-order valence-electron chi connectivity index (χ2n) is 4.73. The zero-order valence-electron chi connectivity index (χ0n) is 11.3. The Morgan fingerprint density at radius 2 is 2.10 bits per heavy atom. The number of amides is 2. The van der Waals surface area contributed by atoms with E-state index in [4.69, 9.17) is 0 Å². The van der Waals surface area contributed by atoms with Crippen molar-refractivity contribution in [2.24, 2.45) is 0 Å². The van der Waals surface area contributed by atoms with Crippen LogP contribution in [0.4, 0.5) is 0 Å². The highest BCUT2D eigenvalue weighted by molar-refractivity contribution is 5.94. The summed E-state index contributed by atoms with van der Waals surface area (Å²) in [6.45, 7) is 1.12. The normalized spacial score (nSPS) is 15.4. The van der Waals surface area contributed by atoms with Crippen molar-refractivity contribution in [3.05, 3.63) is 42.2 Å². The van der Waals surface area contributed by atoms with Crippen molar-refractivity contribution in [3.63, 3.8) is 0 Å². The number of hydrogen-bond donors (Lipinski definition) is 1. The van der Waals surface area contributed by atoms with Crippen LogP contribution in [0, 0.1) is 0 Å². The van der Waals surface area contributed by atoms with E-state index in [2.05, 4.69) is 15.3 Å².